The van der Waals surface area contributed by atoms with Crippen LogP contribution in [0.25, 0.3) is 42.4 Å². The number of Topliss-reactive ketones (excluding diaryl/α,β-unsaturated/α-hetero) is 1. The van der Waals surface area contributed by atoms with E-state index < -0.39 is 18.4 Å². The minimum atomic E-state index is -1.09. The normalized spacial score (nSPS) is 12.0. The molecule has 1 aliphatic rings. The van der Waals surface area contributed by atoms with E-state index in [1.165, 1.54) is 12.7 Å². The van der Waals surface area contributed by atoms with Gasteiger partial charge >= 0.3 is 0 Å². The number of aliphatic imine (C=N–C) groups is 1. The summed E-state index contributed by atoms with van der Waals surface area (Å²) in [6, 6.07) is 12.3. The lowest BCUT2D eigenvalue weighted by molar-refractivity contribution is 0.0983. The lowest BCUT2D eigenvalue weighted by atomic mass is 8.81. The number of ketones is 1. The first-order valence-electron chi connectivity index (χ1n) is 16.0. The molecular formula is C38H29B6N5O2S2. The Bertz CT molecular complexity index is 2360. The fraction of sp³-hybridized carbons (Fsp3) is 0.105. The third-order valence-electron chi connectivity index (χ3n) is 7.67. The quantitative estimate of drug-likeness (QED) is 0.118. The molecule has 0 fully saturated rings. The maximum atomic E-state index is 11.6. The summed E-state index contributed by atoms with van der Waals surface area (Å²) < 4.78 is 2.27. The van der Waals surface area contributed by atoms with Crippen molar-refractivity contribution in [3.8, 4) is 22.3 Å². The summed E-state index contributed by atoms with van der Waals surface area (Å²) in [5, 5.41) is 17.0. The van der Waals surface area contributed by atoms with Gasteiger partial charge in [0, 0.05) is 124 Å². The molecule has 1 N–H and O–H groups in total. The van der Waals surface area contributed by atoms with Crippen LogP contribution in [0.15, 0.2) is 137 Å². The number of aromatic nitrogens is 4. The Labute approximate surface area is 323 Å². The summed E-state index contributed by atoms with van der Waals surface area (Å²) >= 11 is 3.23. The Morgan fingerprint density at radius 3 is 1.74 bits per heavy atom. The number of hydrogen-bond acceptors (Lipinski definition) is 9. The summed E-state index contributed by atoms with van der Waals surface area (Å²) in [4.78, 5) is 32.0. The summed E-state index contributed by atoms with van der Waals surface area (Å²) in [6.07, 6.45) is 13.5. The average molecular weight is 717 g/mol. The number of fused-ring (bicyclic) bond motifs is 2. The van der Waals surface area contributed by atoms with Gasteiger partial charge in [0.05, 0.1) is 5.70 Å². The minimum Gasteiger partial charge on any atom is -0.379 e. The molecule has 7 rings (SSSR count). The molecule has 15 heteroatoms. The standard InChI is InChI=1S/C18H15N3OS.C14H10N2OS.C6H4.B6/c1-18(22,17-3-2-6-21-17)15-10-23-16-5-4-12(7-14(15)16)13-8-19-11-20-9-13;1-9(17)13-7-18-14-3-2-10(4-12(13)14)11-5-15-8-16-6-11;1-3-5-6-4-2;1-5(2)6(3)4/h3-11,22H,2H2,1H3;2-8H,1H3;1-2H2;. The highest BCUT2D eigenvalue weighted by molar-refractivity contribution is 7.76. The molecule has 1 atom stereocenters. The Hall–Kier alpha value is -5.19. The number of thiophene rings is 2. The predicted octanol–water partition coefficient (Wildman–Crippen LogP) is 6.62. The van der Waals surface area contributed by atoms with Gasteiger partial charge in [-0.05, 0) is 84.6 Å². The summed E-state index contributed by atoms with van der Waals surface area (Å²) in [5.74, 6) is 0.0997. The van der Waals surface area contributed by atoms with Crippen molar-refractivity contribution in [1.29, 1.82) is 0 Å². The first-order chi connectivity index (χ1) is 25.5. The molecule has 2 aromatic carbocycles. The van der Waals surface area contributed by atoms with Gasteiger partial charge in [-0.25, -0.2) is 19.9 Å². The topological polar surface area (TPSA) is 101 Å². The Kier molecular flexibility index (Phi) is 15.0. The number of carbonyl (C=O) groups excluding carboxylic acids is 1. The van der Waals surface area contributed by atoms with Crippen LogP contribution in [0.1, 0.15) is 36.2 Å². The molecule has 0 bridgehead atoms. The van der Waals surface area contributed by atoms with Crippen LogP contribution >= 0.6 is 22.7 Å². The zero-order chi connectivity index (χ0) is 38.4. The Morgan fingerprint density at radius 2 is 1.28 bits per heavy atom. The Morgan fingerprint density at radius 1 is 0.792 bits per heavy atom. The third-order valence-corrected chi connectivity index (χ3v) is 9.59. The van der Waals surface area contributed by atoms with E-state index in [0.717, 1.165) is 60.0 Å². The maximum Gasteiger partial charge on any atom is 0.161 e. The summed E-state index contributed by atoms with van der Waals surface area (Å²) in [5.41, 5.74) is 14.8. The van der Waals surface area contributed by atoms with E-state index in [1.54, 1.807) is 61.3 Å². The monoisotopic (exact) mass is 717 g/mol. The minimum absolute atomic E-state index is 0.0997. The molecule has 0 aliphatic carbocycles. The van der Waals surface area contributed by atoms with Gasteiger partial charge in [0.25, 0.3) is 0 Å². The summed E-state index contributed by atoms with van der Waals surface area (Å²) in [7, 11) is 19.9. The van der Waals surface area contributed by atoms with Crippen LogP contribution in [0, 0.1) is 0 Å². The van der Waals surface area contributed by atoms with Gasteiger partial charge in [-0.3, -0.25) is 9.79 Å². The summed E-state index contributed by atoms with van der Waals surface area (Å²) in [6.45, 7) is 9.87. The number of aliphatic hydroxyl groups is 1. The first-order valence-corrected chi connectivity index (χ1v) is 17.8. The van der Waals surface area contributed by atoms with E-state index in [9.17, 15) is 9.90 Å². The number of hydrogen-bond donors (Lipinski definition) is 1. The molecule has 53 heavy (non-hydrogen) atoms. The molecule has 248 valence electrons. The van der Waals surface area contributed by atoms with Crippen molar-refractivity contribution in [1.82, 2.24) is 19.9 Å². The largest absolute Gasteiger partial charge is 0.379 e. The fourth-order valence-electron chi connectivity index (χ4n) is 4.88. The van der Waals surface area contributed by atoms with Gasteiger partial charge in [-0.1, -0.05) is 29.7 Å². The van der Waals surface area contributed by atoms with E-state index in [-0.39, 0.29) is 5.78 Å². The highest BCUT2D eigenvalue weighted by Crippen LogP contribution is 2.40. The molecule has 4 aromatic heterocycles. The lowest BCUT2D eigenvalue weighted by Crippen LogP contribution is -2.38. The van der Waals surface area contributed by atoms with Gasteiger partial charge in [0.2, 0.25) is 0 Å². The number of nitrogens with zero attached hydrogens (tertiary/aromatic N) is 5. The van der Waals surface area contributed by atoms with Crippen LogP contribution in [0.5, 0.6) is 0 Å². The van der Waals surface area contributed by atoms with Gasteiger partial charge < -0.3 is 5.11 Å². The molecule has 1 unspecified atom stereocenters. The number of allylic oxidation sites excluding steroid dienone is 1. The van der Waals surface area contributed by atoms with Crippen molar-refractivity contribution in [3.05, 3.63) is 144 Å². The molecule has 0 spiro atoms. The zero-order valence-electron chi connectivity index (χ0n) is 29.2. The van der Waals surface area contributed by atoms with Gasteiger partial charge in [-0.15, -0.1) is 22.7 Å². The fourth-order valence-corrected chi connectivity index (χ4v) is 6.91. The molecule has 0 saturated heterocycles. The molecule has 6 aromatic rings. The van der Waals surface area contributed by atoms with Gasteiger partial charge in [0.1, 0.15) is 18.3 Å². The van der Waals surface area contributed by atoms with E-state index in [0.29, 0.717) is 5.70 Å². The molecule has 8 radical (unpaired) electrons. The van der Waals surface area contributed by atoms with Crippen molar-refractivity contribution < 1.29 is 9.90 Å². The molecule has 5 heterocycles. The second-order valence-electron chi connectivity index (χ2n) is 11.5. The molecular weight excluding hydrogens is 687 g/mol. The lowest BCUT2D eigenvalue weighted by Gasteiger charge is -2.23. The van der Waals surface area contributed by atoms with E-state index in [2.05, 4.69) is 79.2 Å². The Balaban J connectivity index is 0.000000185. The van der Waals surface area contributed by atoms with Crippen LogP contribution in [-0.2, 0) is 5.60 Å². The predicted molar refractivity (Wildman–Crippen MR) is 226 cm³/mol. The highest BCUT2D eigenvalue weighted by Gasteiger charge is 2.31. The van der Waals surface area contributed by atoms with E-state index in [4.69, 9.17) is 30.9 Å². The first kappa shape index (κ1) is 40.6. The van der Waals surface area contributed by atoms with Crippen LogP contribution in [0.4, 0.5) is 0 Å². The maximum absolute atomic E-state index is 11.6. The second kappa shape index (κ2) is 19.6. The molecule has 0 amide bonds. The smallest absolute Gasteiger partial charge is 0.161 e. The van der Waals surface area contributed by atoms with Crippen molar-refractivity contribution in [2.24, 2.45) is 4.99 Å². The van der Waals surface area contributed by atoms with Crippen LogP contribution in [0.2, 0.25) is 0 Å². The van der Waals surface area contributed by atoms with Crippen LogP contribution in [0.3, 0.4) is 0 Å². The average Bonchev–Trinajstić information content (AvgIpc) is 3.96. The van der Waals surface area contributed by atoms with Crippen molar-refractivity contribution in [2.45, 2.75) is 25.9 Å². The number of carbonyl (C=O) groups is 1. The molecule has 0 saturated carbocycles. The SMILES string of the molecule is C=C=C=C=C=C.CC(=O)c1csc2ccc(-c3cncnc3)cc12.CC(O)(C1=CCC=N1)c1csc2ccc(-c3cncnc3)cc12.[B]B([B])B([B])[B]. The third kappa shape index (κ3) is 10.9. The van der Waals surface area contributed by atoms with Crippen LogP contribution in [-0.4, -0.2) is 80.8 Å². The van der Waals surface area contributed by atoms with E-state index >= 15 is 0 Å². The van der Waals surface area contributed by atoms with Crippen molar-refractivity contribution >= 4 is 98.6 Å². The van der Waals surface area contributed by atoms with Crippen molar-refractivity contribution in [3.63, 3.8) is 0 Å². The van der Waals surface area contributed by atoms with Crippen molar-refractivity contribution in [2.75, 3.05) is 0 Å². The molecule has 1 aliphatic heterocycles. The second-order valence-corrected chi connectivity index (χ2v) is 13.3. The van der Waals surface area contributed by atoms with Crippen LogP contribution < -0.4 is 0 Å². The van der Waals surface area contributed by atoms with Gasteiger partial charge in [-0.2, -0.15) is 0 Å². The number of benzene rings is 2. The zero-order valence-corrected chi connectivity index (χ0v) is 30.9. The van der Waals surface area contributed by atoms with E-state index in [1.807, 2.05) is 41.2 Å². The van der Waals surface area contributed by atoms with Gasteiger partial charge in [0.15, 0.2) is 5.78 Å². The number of rotatable bonds is 6. The molecule has 7 nitrogen and oxygen atoms in total. The highest BCUT2D eigenvalue weighted by atomic mass is 32.1.